The minimum Gasteiger partial charge on any atom is -0.472 e. The molecule has 4 atom stereocenters. The Morgan fingerprint density at radius 3 is 2.47 bits per heavy atom. The zero-order chi connectivity index (χ0) is 25.9. The topological polar surface area (TPSA) is 87.6 Å². The number of nitrogens with zero attached hydrogens (tertiary/aromatic N) is 1. The van der Waals surface area contributed by atoms with Crippen LogP contribution < -0.4 is 5.32 Å². The molecule has 1 aliphatic carbocycles. The molecular formula is C29H28N2O6S. The molecule has 0 saturated carbocycles. The largest absolute Gasteiger partial charge is 0.472 e. The summed E-state index contributed by atoms with van der Waals surface area (Å²) in [6.07, 6.45) is -1.84. The van der Waals surface area contributed by atoms with Gasteiger partial charge in [-0.25, -0.2) is 9.79 Å². The summed E-state index contributed by atoms with van der Waals surface area (Å²) in [5.41, 5.74) is 3.70. The van der Waals surface area contributed by atoms with Crippen LogP contribution in [0.3, 0.4) is 0 Å². The molecule has 1 aromatic heterocycles. The summed E-state index contributed by atoms with van der Waals surface area (Å²) in [6, 6.07) is 20.4. The van der Waals surface area contributed by atoms with Gasteiger partial charge in [-0.05, 0) is 47.5 Å². The number of carbonyl (C=O) groups is 1. The van der Waals surface area contributed by atoms with Gasteiger partial charge in [0.2, 0.25) is 11.6 Å². The van der Waals surface area contributed by atoms with Crippen LogP contribution in [0, 0.1) is 0 Å². The lowest BCUT2D eigenvalue weighted by molar-refractivity contribution is -0.208. The van der Waals surface area contributed by atoms with E-state index in [1.165, 1.54) is 22.3 Å². The summed E-state index contributed by atoms with van der Waals surface area (Å²) in [7, 11) is 0. The van der Waals surface area contributed by atoms with E-state index in [4.69, 9.17) is 28.7 Å². The summed E-state index contributed by atoms with van der Waals surface area (Å²) >= 11 is 1.55. The van der Waals surface area contributed by atoms with E-state index in [0.717, 1.165) is 4.88 Å². The molecule has 2 fully saturated rings. The van der Waals surface area contributed by atoms with Crippen LogP contribution in [0.25, 0.3) is 11.1 Å². The molecule has 7 rings (SSSR count). The SMILES string of the molecule is CC1(C)OC2C(CNC(=O)OCC3c4ccccc4-c4ccccc43)OC3(COC(c4cccs4)=N3)C2O1. The Hall–Kier alpha value is -3.24. The number of ether oxygens (including phenoxy) is 5. The fourth-order valence-electron chi connectivity index (χ4n) is 5.94. The third kappa shape index (κ3) is 3.92. The highest BCUT2D eigenvalue weighted by Crippen LogP contribution is 2.47. The number of aliphatic imine (C=N–C) groups is 1. The highest BCUT2D eigenvalue weighted by Gasteiger charge is 2.65. The fourth-order valence-corrected chi connectivity index (χ4v) is 6.60. The first-order valence-corrected chi connectivity index (χ1v) is 13.7. The van der Waals surface area contributed by atoms with Crippen LogP contribution in [-0.2, 0) is 23.7 Å². The second kappa shape index (κ2) is 8.91. The van der Waals surface area contributed by atoms with Gasteiger partial charge in [0.15, 0.2) is 5.79 Å². The van der Waals surface area contributed by atoms with Crippen molar-refractivity contribution >= 4 is 23.3 Å². The first-order valence-electron chi connectivity index (χ1n) is 12.8. The third-order valence-corrected chi connectivity index (χ3v) is 8.38. The van der Waals surface area contributed by atoms with Crippen molar-refractivity contribution in [2.45, 2.75) is 49.6 Å². The number of nitrogens with one attached hydrogen (secondary N) is 1. The predicted octanol–water partition coefficient (Wildman–Crippen LogP) is 4.68. The Balaban J connectivity index is 1.03. The lowest BCUT2D eigenvalue weighted by Gasteiger charge is -2.27. The van der Waals surface area contributed by atoms with E-state index in [-0.39, 0.29) is 25.7 Å². The van der Waals surface area contributed by atoms with Crippen molar-refractivity contribution in [2.24, 2.45) is 4.99 Å². The molecule has 38 heavy (non-hydrogen) atoms. The summed E-state index contributed by atoms with van der Waals surface area (Å²) in [6.45, 7) is 4.41. The molecule has 4 aliphatic rings. The number of fused-ring (bicyclic) bond motifs is 5. The average Bonchev–Trinajstić information content (AvgIpc) is 3.72. The van der Waals surface area contributed by atoms with E-state index < -0.39 is 35.9 Å². The molecule has 3 aliphatic heterocycles. The summed E-state index contributed by atoms with van der Waals surface area (Å²) < 4.78 is 30.4. The number of hydrogen-bond acceptors (Lipinski definition) is 8. The second-order valence-corrected chi connectivity index (χ2v) is 11.4. The molecule has 4 unspecified atom stereocenters. The van der Waals surface area contributed by atoms with Crippen LogP contribution in [-0.4, -0.2) is 61.6 Å². The molecule has 1 amide bonds. The maximum absolute atomic E-state index is 12.8. The Bertz CT molecular complexity index is 1360. The van der Waals surface area contributed by atoms with Gasteiger partial charge in [-0.2, -0.15) is 0 Å². The maximum atomic E-state index is 12.8. The Morgan fingerprint density at radius 2 is 1.76 bits per heavy atom. The molecule has 9 heteroatoms. The zero-order valence-corrected chi connectivity index (χ0v) is 21.9. The van der Waals surface area contributed by atoms with Gasteiger partial charge in [0, 0.05) is 12.5 Å². The molecule has 4 heterocycles. The van der Waals surface area contributed by atoms with Crippen molar-refractivity contribution in [3.8, 4) is 11.1 Å². The highest BCUT2D eigenvalue weighted by molar-refractivity contribution is 7.12. The lowest BCUT2D eigenvalue weighted by Crippen LogP contribution is -2.43. The van der Waals surface area contributed by atoms with E-state index in [1.54, 1.807) is 11.3 Å². The molecule has 2 saturated heterocycles. The second-order valence-electron chi connectivity index (χ2n) is 10.4. The summed E-state index contributed by atoms with van der Waals surface area (Å²) in [5.74, 6) is -0.260. The Kier molecular flexibility index (Phi) is 5.59. The zero-order valence-electron chi connectivity index (χ0n) is 21.1. The van der Waals surface area contributed by atoms with E-state index in [0.29, 0.717) is 5.90 Å². The van der Waals surface area contributed by atoms with E-state index >= 15 is 0 Å². The van der Waals surface area contributed by atoms with Crippen LogP contribution in [0.2, 0.25) is 0 Å². The predicted molar refractivity (Wildman–Crippen MR) is 141 cm³/mol. The van der Waals surface area contributed by atoms with Crippen molar-refractivity contribution in [3.05, 3.63) is 82.0 Å². The monoisotopic (exact) mass is 532 g/mol. The van der Waals surface area contributed by atoms with Gasteiger partial charge in [0.25, 0.3) is 0 Å². The van der Waals surface area contributed by atoms with Gasteiger partial charge in [0.1, 0.15) is 31.5 Å². The van der Waals surface area contributed by atoms with Crippen LogP contribution in [0.4, 0.5) is 4.79 Å². The number of alkyl carbamates (subject to hydrolysis) is 1. The molecule has 1 spiro atoms. The molecular weight excluding hydrogens is 504 g/mol. The molecule has 2 aromatic carbocycles. The molecule has 3 aromatic rings. The highest BCUT2D eigenvalue weighted by atomic mass is 32.1. The minimum atomic E-state index is -1.02. The van der Waals surface area contributed by atoms with Crippen LogP contribution in [0.1, 0.15) is 35.8 Å². The minimum absolute atomic E-state index is 0.00320. The quantitative estimate of drug-likeness (QED) is 0.514. The van der Waals surface area contributed by atoms with Gasteiger partial charge >= 0.3 is 6.09 Å². The molecule has 0 radical (unpaired) electrons. The number of thiophene rings is 1. The smallest absolute Gasteiger partial charge is 0.407 e. The summed E-state index contributed by atoms with van der Waals surface area (Å²) in [5, 5.41) is 4.85. The van der Waals surface area contributed by atoms with Gasteiger partial charge in [-0.15, -0.1) is 11.3 Å². The maximum Gasteiger partial charge on any atom is 0.407 e. The van der Waals surface area contributed by atoms with Gasteiger partial charge in [-0.3, -0.25) is 0 Å². The van der Waals surface area contributed by atoms with E-state index in [1.807, 2.05) is 55.6 Å². The van der Waals surface area contributed by atoms with Crippen molar-refractivity contribution < 1.29 is 28.5 Å². The number of benzene rings is 2. The van der Waals surface area contributed by atoms with Crippen molar-refractivity contribution in [2.75, 3.05) is 19.8 Å². The van der Waals surface area contributed by atoms with Crippen molar-refractivity contribution in [1.29, 1.82) is 0 Å². The number of hydrogen-bond donors (Lipinski definition) is 1. The first-order chi connectivity index (χ1) is 18.4. The summed E-state index contributed by atoms with van der Waals surface area (Å²) in [4.78, 5) is 18.6. The molecule has 0 bridgehead atoms. The third-order valence-electron chi connectivity index (χ3n) is 7.53. The van der Waals surface area contributed by atoms with E-state index in [9.17, 15) is 4.79 Å². The number of amides is 1. The lowest BCUT2D eigenvalue weighted by atomic mass is 9.98. The standard InChI is InChI=1S/C29H28N2O6S/c1-28(2)36-24-22(35-29(25(24)37-28)16-34-26(31-29)23-12-7-13-38-23)14-30-27(32)33-15-21-19-10-5-3-8-17(19)18-9-4-6-11-20(18)21/h3-13,21-22,24-25H,14-16H2,1-2H3,(H,30,32). The Morgan fingerprint density at radius 1 is 1.03 bits per heavy atom. The first kappa shape index (κ1) is 23.8. The number of rotatable bonds is 5. The van der Waals surface area contributed by atoms with Gasteiger partial charge in [-0.1, -0.05) is 54.6 Å². The van der Waals surface area contributed by atoms with Gasteiger partial charge in [0.05, 0.1) is 4.88 Å². The molecule has 8 nitrogen and oxygen atoms in total. The van der Waals surface area contributed by atoms with Crippen LogP contribution in [0.15, 0.2) is 71.0 Å². The van der Waals surface area contributed by atoms with E-state index in [2.05, 4.69) is 29.6 Å². The fraction of sp³-hybridized carbons (Fsp3) is 0.379. The van der Waals surface area contributed by atoms with Crippen molar-refractivity contribution in [1.82, 2.24) is 5.32 Å². The van der Waals surface area contributed by atoms with Crippen LogP contribution >= 0.6 is 11.3 Å². The van der Waals surface area contributed by atoms with Crippen molar-refractivity contribution in [3.63, 3.8) is 0 Å². The molecule has 1 N–H and O–H groups in total. The number of carbonyl (C=O) groups excluding carboxylic acids is 1. The van der Waals surface area contributed by atoms with Crippen LogP contribution in [0.5, 0.6) is 0 Å². The molecule has 196 valence electrons. The average molecular weight is 533 g/mol. The normalized spacial score (nSPS) is 28.5. The van der Waals surface area contributed by atoms with Gasteiger partial charge < -0.3 is 29.0 Å². The Labute approximate surface area is 224 Å².